The van der Waals surface area contributed by atoms with Crippen LogP contribution in [0.25, 0.3) is 0 Å². The molecule has 0 saturated heterocycles. The van der Waals surface area contributed by atoms with Crippen LogP contribution in [0, 0.1) is 0 Å². The van der Waals surface area contributed by atoms with Crippen LogP contribution in [-0.4, -0.2) is 35.6 Å². The van der Waals surface area contributed by atoms with Crippen molar-refractivity contribution >= 4 is 17.9 Å². The second-order valence-electron chi connectivity index (χ2n) is 4.53. The lowest BCUT2D eigenvalue weighted by Crippen LogP contribution is -2.42. The monoisotopic (exact) mass is 273 g/mol. The molecule has 0 spiro atoms. The SMILES string of the molecule is CC(CC(N)=O)NC(=O)NCCCCCCC(=O)O. The van der Waals surface area contributed by atoms with Crippen LogP contribution in [0.4, 0.5) is 4.79 Å². The third kappa shape index (κ3) is 12.5. The molecule has 0 rings (SSSR count). The van der Waals surface area contributed by atoms with E-state index in [2.05, 4.69) is 10.6 Å². The molecular formula is C12H23N3O4. The Morgan fingerprint density at radius 2 is 1.79 bits per heavy atom. The first-order valence-corrected chi connectivity index (χ1v) is 6.46. The van der Waals surface area contributed by atoms with Crippen LogP contribution in [-0.2, 0) is 9.59 Å². The van der Waals surface area contributed by atoms with Crippen LogP contribution in [0.2, 0.25) is 0 Å². The van der Waals surface area contributed by atoms with Crippen molar-refractivity contribution in [1.29, 1.82) is 0 Å². The number of carboxylic acid groups (broad SMARTS) is 1. The lowest BCUT2D eigenvalue weighted by Gasteiger charge is -2.12. The molecule has 0 aliphatic heterocycles. The quantitative estimate of drug-likeness (QED) is 0.435. The molecular weight excluding hydrogens is 250 g/mol. The summed E-state index contributed by atoms with van der Waals surface area (Å²) in [5.74, 6) is -1.23. The third-order valence-electron chi connectivity index (χ3n) is 2.49. The molecule has 0 aromatic rings. The number of urea groups is 1. The van der Waals surface area contributed by atoms with Crippen LogP contribution in [0.15, 0.2) is 0 Å². The fourth-order valence-electron chi connectivity index (χ4n) is 1.58. The van der Waals surface area contributed by atoms with E-state index < -0.39 is 11.9 Å². The van der Waals surface area contributed by atoms with Crippen LogP contribution in [0.1, 0.15) is 45.4 Å². The van der Waals surface area contributed by atoms with Crippen molar-refractivity contribution in [2.24, 2.45) is 5.73 Å². The molecule has 7 nitrogen and oxygen atoms in total. The lowest BCUT2D eigenvalue weighted by atomic mass is 10.1. The Morgan fingerprint density at radius 3 is 2.37 bits per heavy atom. The first-order chi connectivity index (χ1) is 8.91. The van der Waals surface area contributed by atoms with E-state index in [-0.39, 0.29) is 24.9 Å². The van der Waals surface area contributed by atoms with Gasteiger partial charge in [-0.3, -0.25) is 9.59 Å². The number of amides is 3. The van der Waals surface area contributed by atoms with Gasteiger partial charge in [0.25, 0.3) is 0 Å². The molecule has 0 aliphatic carbocycles. The highest BCUT2D eigenvalue weighted by Crippen LogP contribution is 2.02. The summed E-state index contributed by atoms with van der Waals surface area (Å²) in [6, 6.07) is -0.604. The molecule has 3 amide bonds. The minimum atomic E-state index is -0.777. The van der Waals surface area contributed by atoms with Crippen molar-refractivity contribution in [3.05, 3.63) is 0 Å². The Balaban J connectivity index is 3.43. The summed E-state index contributed by atoms with van der Waals surface area (Å²) in [6.07, 6.45) is 3.49. The average molecular weight is 273 g/mol. The van der Waals surface area contributed by atoms with E-state index in [0.29, 0.717) is 13.0 Å². The van der Waals surface area contributed by atoms with E-state index in [1.807, 2.05) is 0 Å². The minimum absolute atomic E-state index is 0.114. The van der Waals surface area contributed by atoms with Crippen molar-refractivity contribution in [3.63, 3.8) is 0 Å². The van der Waals surface area contributed by atoms with E-state index in [9.17, 15) is 14.4 Å². The Kier molecular flexibility index (Phi) is 9.20. The Bertz CT molecular complexity index is 307. The van der Waals surface area contributed by atoms with E-state index in [0.717, 1.165) is 19.3 Å². The fourth-order valence-corrected chi connectivity index (χ4v) is 1.58. The number of nitrogens with one attached hydrogen (secondary N) is 2. The number of hydrogen-bond acceptors (Lipinski definition) is 3. The number of primary amides is 1. The van der Waals surface area contributed by atoms with Gasteiger partial charge in [0.15, 0.2) is 0 Å². The number of carboxylic acids is 1. The van der Waals surface area contributed by atoms with Crippen molar-refractivity contribution in [3.8, 4) is 0 Å². The van der Waals surface area contributed by atoms with Gasteiger partial charge in [-0.15, -0.1) is 0 Å². The minimum Gasteiger partial charge on any atom is -0.481 e. The standard InChI is InChI=1S/C12H23N3O4/c1-9(8-10(13)16)15-12(19)14-7-5-3-2-4-6-11(17)18/h9H,2-8H2,1H3,(H2,13,16)(H,17,18)(H2,14,15,19). The predicted molar refractivity (Wildman–Crippen MR) is 70.5 cm³/mol. The van der Waals surface area contributed by atoms with E-state index >= 15 is 0 Å². The normalized spacial score (nSPS) is 11.6. The van der Waals surface area contributed by atoms with Gasteiger partial charge in [0.05, 0.1) is 0 Å². The number of aliphatic carboxylic acids is 1. The van der Waals surface area contributed by atoms with Crippen molar-refractivity contribution < 1.29 is 19.5 Å². The molecule has 1 atom stereocenters. The van der Waals surface area contributed by atoms with Crippen LogP contribution >= 0.6 is 0 Å². The molecule has 1 unspecified atom stereocenters. The molecule has 0 heterocycles. The highest BCUT2D eigenvalue weighted by Gasteiger charge is 2.08. The van der Waals surface area contributed by atoms with Crippen LogP contribution in [0.5, 0.6) is 0 Å². The zero-order valence-corrected chi connectivity index (χ0v) is 11.3. The van der Waals surface area contributed by atoms with E-state index in [4.69, 9.17) is 10.8 Å². The molecule has 0 bridgehead atoms. The van der Waals surface area contributed by atoms with E-state index in [1.54, 1.807) is 6.92 Å². The largest absolute Gasteiger partial charge is 0.481 e. The average Bonchev–Trinajstić information content (AvgIpc) is 2.25. The maximum Gasteiger partial charge on any atom is 0.315 e. The van der Waals surface area contributed by atoms with Gasteiger partial charge in [-0.1, -0.05) is 12.8 Å². The van der Waals surface area contributed by atoms with Gasteiger partial charge in [0.1, 0.15) is 0 Å². The number of rotatable bonds is 10. The van der Waals surface area contributed by atoms with Gasteiger partial charge < -0.3 is 21.5 Å². The summed E-state index contributed by atoms with van der Waals surface area (Å²) >= 11 is 0. The number of carbonyl (C=O) groups is 3. The van der Waals surface area contributed by atoms with Gasteiger partial charge in [-0.05, 0) is 19.8 Å². The molecule has 19 heavy (non-hydrogen) atoms. The van der Waals surface area contributed by atoms with Crippen LogP contribution in [0.3, 0.4) is 0 Å². The molecule has 0 saturated carbocycles. The van der Waals surface area contributed by atoms with E-state index in [1.165, 1.54) is 0 Å². The molecule has 110 valence electrons. The molecule has 7 heteroatoms. The van der Waals surface area contributed by atoms with Crippen LogP contribution < -0.4 is 16.4 Å². The zero-order chi connectivity index (χ0) is 14.7. The lowest BCUT2D eigenvalue weighted by molar-refractivity contribution is -0.137. The summed E-state index contributed by atoms with van der Waals surface area (Å²) in [4.78, 5) is 32.2. The highest BCUT2D eigenvalue weighted by molar-refractivity contribution is 5.77. The van der Waals surface area contributed by atoms with Crippen molar-refractivity contribution in [2.75, 3.05) is 6.54 Å². The van der Waals surface area contributed by atoms with Gasteiger partial charge in [0.2, 0.25) is 5.91 Å². The smallest absolute Gasteiger partial charge is 0.315 e. The Morgan fingerprint density at radius 1 is 1.16 bits per heavy atom. The second kappa shape index (κ2) is 10.2. The van der Waals surface area contributed by atoms with Gasteiger partial charge in [0, 0.05) is 25.4 Å². The summed E-state index contributed by atoms with van der Waals surface area (Å²) < 4.78 is 0. The predicted octanol–water partition coefficient (Wildman–Crippen LogP) is 0.585. The zero-order valence-electron chi connectivity index (χ0n) is 11.3. The molecule has 0 aliphatic rings. The first-order valence-electron chi connectivity index (χ1n) is 6.46. The Labute approximate surface area is 112 Å². The van der Waals surface area contributed by atoms with Gasteiger partial charge >= 0.3 is 12.0 Å². The fraction of sp³-hybridized carbons (Fsp3) is 0.750. The number of carbonyl (C=O) groups excluding carboxylic acids is 2. The second-order valence-corrected chi connectivity index (χ2v) is 4.53. The third-order valence-corrected chi connectivity index (χ3v) is 2.49. The molecule has 5 N–H and O–H groups in total. The molecule has 0 radical (unpaired) electrons. The first kappa shape index (κ1) is 17.2. The number of nitrogens with two attached hydrogens (primary N) is 1. The number of hydrogen-bond donors (Lipinski definition) is 4. The number of unbranched alkanes of at least 4 members (excludes halogenated alkanes) is 3. The molecule has 0 aromatic heterocycles. The summed E-state index contributed by atoms with van der Waals surface area (Å²) in [6.45, 7) is 2.23. The summed E-state index contributed by atoms with van der Waals surface area (Å²) in [5.41, 5.74) is 5.01. The topological polar surface area (TPSA) is 122 Å². The van der Waals surface area contributed by atoms with Crippen molar-refractivity contribution in [1.82, 2.24) is 10.6 Å². The molecule has 0 aromatic carbocycles. The van der Waals surface area contributed by atoms with Gasteiger partial charge in [-0.2, -0.15) is 0 Å². The van der Waals surface area contributed by atoms with Gasteiger partial charge in [-0.25, -0.2) is 4.79 Å². The Hall–Kier alpha value is -1.79. The molecule has 0 fully saturated rings. The summed E-state index contributed by atoms with van der Waals surface area (Å²) in [7, 11) is 0. The maximum absolute atomic E-state index is 11.4. The van der Waals surface area contributed by atoms with Crippen molar-refractivity contribution in [2.45, 2.75) is 51.5 Å². The summed E-state index contributed by atoms with van der Waals surface area (Å²) in [5, 5.41) is 13.7. The highest BCUT2D eigenvalue weighted by atomic mass is 16.4. The maximum atomic E-state index is 11.4.